The van der Waals surface area contributed by atoms with Crippen LogP contribution in [0.15, 0.2) is 84.0 Å². The highest BCUT2D eigenvalue weighted by Crippen LogP contribution is 2.31. The molecule has 0 aliphatic heterocycles. The van der Waals surface area contributed by atoms with Crippen LogP contribution in [0.3, 0.4) is 0 Å². The Hall–Kier alpha value is -4.59. The molecule has 0 saturated heterocycles. The second kappa shape index (κ2) is 9.69. The highest BCUT2D eigenvalue weighted by molar-refractivity contribution is 6.07. The fourth-order valence-corrected chi connectivity index (χ4v) is 3.44. The van der Waals surface area contributed by atoms with E-state index in [1.807, 2.05) is 49.4 Å². The van der Waals surface area contributed by atoms with Crippen LogP contribution in [0.4, 0.5) is 5.69 Å². The first-order chi connectivity index (χ1) is 16.1. The second-order valence-corrected chi connectivity index (χ2v) is 7.02. The summed E-state index contributed by atoms with van der Waals surface area (Å²) < 4.78 is 5.73. The minimum atomic E-state index is -0.498. The zero-order valence-electron chi connectivity index (χ0n) is 17.8. The van der Waals surface area contributed by atoms with Gasteiger partial charge in [-0.15, -0.1) is 0 Å². The van der Waals surface area contributed by atoms with Crippen molar-refractivity contribution in [2.24, 2.45) is 5.10 Å². The van der Waals surface area contributed by atoms with Gasteiger partial charge >= 0.3 is 0 Å². The van der Waals surface area contributed by atoms with Crippen LogP contribution in [-0.4, -0.2) is 28.6 Å². The maximum absolute atomic E-state index is 13.0. The number of nitrogens with one attached hydrogen (secondary N) is 1. The van der Waals surface area contributed by atoms with E-state index in [1.54, 1.807) is 30.3 Å². The van der Waals surface area contributed by atoms with Crippen molar-refractivity contribution in [2.75, 3.05) is 6.61 Å². The second-order valence-electron chi connectivity index (χ2n) is 7.02. The van der Waals surface area contributed by atoms with E-state index in [2.05, 4.69) is 10.5 Å². The summed E-state index contributed by atoms with van der Waals surface area (Å²) in [4.78, 5) is 28.4. The number of aromatic nitrogens is 1. The molecule has 1 N–H and O–H groups in total. The van der Waals surface area contributed by atoms with Gasteiger partial charge in [0.15, 0.2) is 0 Å². The number of ether oxygens (including phenoxy) is 1. The molecule has 0 saturated carbocycles. The smallest absolute Gasteiger partial charge is 0.278 e. The van der Waals surface area contributed by atoms with Gasteiger partial charge in [-0.2, -0.15) is 5.10 Å². The molecule has 8 nitrogen and oxygen atoms in total. The Balaban J connectivity index is 1.70. The number of para-hydroxylation sites is 3. The lowest BCUT2D eigenvalue weighted by atomic mass is 10.0. The Bertz CT molecular complexity index is 1370. The van der Waals surface area contributed by atoms with Crippen LogP contribution < -0.4 is 10.2 Å². The Morgan fingerprint density at radius 2 is 1.82 bits per heavy atom. The average Bonchev–Trinajstić information content (AvgIpc) is 2.84. The summed E-state index contributed by atoms with van der Waals surface area (Å²) in [6.45, 7) is 2.40. The molecular formula is C25H20N4O4. The summed E-state index contributed by atoms with van der Waals surface area (Å²) in [5.74, 6) is 0.210. The summed E-state index contributed by atoms with van der Waals surface area (Å²) in [7, 11) is 0. The lowest BCUT2D eigenvalue weighted by Crippen LogP contribution is -2.18. The van der Waals surface area contributed by atoms with Crippen LogP contribution in [-0.2, 0) is 0 Å². The van der Waals surface area contributed by atoms with Gasteiger partial charge < -0.3 is 4.74 Å². The van der Waals surface area contributed by atoms with Crippen molar-refractivity contribution >= 4 is 28.7 Å². The maximum Gasteiger partial charge on any atom is 0.278 e. The van der Waals surface area contributed by atoms with Gasteiger partial charge in [-0.3, -0.25) is 14.9 Å². The lowest BCUT2D eigenvalue weighted by Gasteiger charge is -2.12. The van der Waals surface area contributed by atoms with Crippen molar-refractivity contribution in [3.8, 4) is 17.0 Å². The molecule has 4 rings (SSSR count). The summed E-state index contributed by atoms with van der Waals surface area (Å²) in [5, 5.41) is 15.8. The first-order valence-electron chi connectivity index (χ1n) is 10.3. The van der Waals surface area contributed by atoms with Gasteiger partial charge in [-0.05, 0) is 37.3 Å². The van der Waals surface area contributed by atoms with E-state index in [0.29, 0.717) is 34.5 Å². The van der Waals surface area contributed by atoms with Gasteiger partial charge in [0.1, 0.15) is 5.75 Å². The third-order valence-electron chi connectivity index (χ3n) is 4.93. The van der Waals surface area contributed by atoms with Gasteiger partial charge in [0.25, 0.3) is 11.6 Å². The predicted octanol–water partition coefficient (Wildman–Crippen LogP) is 4.97. The Morgan fingerprint density at radius 3 is 2.64 bits per heavy atom. The van der Waals surface area contributed by atoms with Crippen molar-refractivity contribution in [3.05, 3.63) is 100 Å². The molecule has 1 aromatic heterocycles. The monoisotopic (exact) mass is 440 g/mol. The highest BCUT2D eigenvalue weighted by atomic mass is 16.6. The minimum Gasteiger partial charge on any atom is -0.493 e. The van der Waals surface area contributed by atoms with Gasteiger partial charge in [0.05, 0.1) is 40.1 Å². The van der Waals surface area contributed by atoms with E-state index in [-0.39, 0.29) is 11.3 Å². The summed E-state index contributed by atoms with van der Waals surface area (Å²) >= 11 is 0. The molecule has 1 amide bonds. The van der Waals surface area contributed by atoms with E-state index in [4.69, 9.17) is 9.72 Å². The van der Waals surface area contributed by atoms with Crippen molar-refractivity contribution in [1.29, 1.82) is 0 Å². The van der Waals surface area contributed by atoms with Crippen LogP contribution in [0, 0.1) is 10.1 Å². The molecule has 8 heteroatoms. The van der Waals surface area contributed by atoms with Crippen molar-refractivity contribution in [3.63, 3.8) is 0 Å². The average molecular weight is 440 g/mol. The van der Waals surface area contributed by atoms with Gasteiger partial charge in [0.2, 0.25) is 0 Å². The number of amides is 1. The highest BCUT2D eigenvalue weighted by Gasteiger charge is 2.16. The summed E-state index contributed by atoms with van der Waals surface area (Å²) in [6.07, 6.45) is 1.25. The number of carbonyl (C=O) groups is 1. The summed E-state index contributed by atoms with van der Waals surface area (Å²) in [5.41, 5.74) is 5.04. The van der Waals surface area contributed by atoms with Crippen LogP contribution in [0.1, 0.15) is 22.8 Å². The molecular weight excluding hydrogens is 420 g/mol. The molecule has 0 unspecified atom stereocenters. The molecule has 0 bridgehead atoms. The molecule has 0 fully saturated rings. The number of nitrogens with zero attached hydrogens (tertiary/aromatic N) is 3. The van der Waals surface area contributed by atoms with E-state index >= 15 is 0 Å². The van der Waals surface area contributed by atoms with Gasteiger partial charge in [-0.1, -0.05) is 42.5 Å². The van der Waals surface area contributed by atoms with Crippen LogP contribution in [0.5, 0.6) is 5.75 Å². The first-order valence-corrected chi connectivity index (χ1v) is 10.3. The predicted molar refractivity (Wildman–Crippen MR) is 127 cm³/mol. The number of nitro benzene ring substituents is 1. The normalized spacial score (nSPS) is 10.9. The lowest BCUT2D eigenvalue weighted by molar-refractivity contribution is -0.385. The topological polar surface area (TPSA) is 107 Å². The maximum atomic E-state index is 13.0. The molecule has 0 aliphatic rings. The van der Waals surface area contributed by atoms with Crippen molar-refractivity contribution in [2.45, 2.75) is 6.92 Å². The molecule has 0 spiro atoms. The third-order valence-corrected chi connectivity index (χ3v) is 4.93. The zero-order valence-corrected chi connectivity index (χ0v) is 17.8. The van der Waals surface area contributed by atoms with Crippen LogP contribution in [0.25, 0.3) is 22.2 Å². The summed E-state index contributed by atoms with van der Waals surface area (Å²) in [6, 6.07) is 22.7. The number of fused-ring (bicyclic) bond motifs is 1. The van der Waals surface area contributed by atoms with Gasteiger partial charge in [-0.25, -0.2) is 10.4 Å². The van der Waals surface area contributed by atoms with Crippen molar-refractivity contribution < 1.29 is 14.5 Å². The van der Waals surface area contributed by atoms with E-state index in [0.717, 1.165) is 5.56 Å². The number of nitro groups is 1. The molecule has 33 heavy (non-hydrogen) atoms. The number of carbonyl (C=O) groups excluding carboxylic acids is 1. The Labute approximate surface area is 189 Å². The molecule has 0 atom stereocenters. The van der Waals surface area contributed by atoms with Crippen LogP contribution in [0.2, 0.25) is 0 Å². The third kappa shape index (κ3) is 4.69. The number of hydrogen-bond donors (Lipinski definition) is 1. The molecule has 4 aromatic rings. The standard InChI is InChI=1S/C25H20N4O4/c1-2-33-24-14-8-5-11-19(24)22-15-20(18-10-4-6-12-21(18)27-22)25(30)28-26-16-17-9-3-7-13-23(17)29(31)32/h3-16H,2H2,1H3,(H,28,30). The Kier molecular flexibility index (Phi) is 6.36. The fraction of sp³-hybridized carbons (Fsp3) is 0.0800. The minimum absolute atomic E-state index is 0.0975. The zero-order chi connectivity index (χ0) is 23.2. The fourth-order valence-electron chi connectivity index (χ4n) is 3.44. The van der Waals surface area contributed by atoms with E-state index in [1.165, 1.54) is 12.3 Å². The molecule has 0 radical (unpaired) electrons. The molecule has 164 valence electrons. The van der Waals surface area contributed by atoms with E-state index in [9.17, 15) is 14.9 Å². The molecule has 1 heterocycles. The number of hydrogen-bond acceptors (Lipinski definition) is 6. The molecule has 0 aliphatic carbocycles. The van der Waals surface area contributed by atoms with Gasteiger partial charge in [0, 0.05) is 17.0 Å². The van der Waals surface area contributed by atoms with E-state index < -0.39 is 10.8 Å². The van der Waals surface area contributed by atoms with Crippen molar-refractivity contribution in [1.82, 2.24) is 10.4 Å². The largest absolute Gasteiger partial charge is 0.493 e. The number of pyridine rings is 1. The first kappa shape index (κ1) is 21.6. The molecule has 3 aromatic carbocycles. The Morgan fingerprint density at radius 1 is 1.09 bits per heavy atom. The number of rotatable bonds is 7. The number of hydrazone groups is 1. The van der Waals surface area contributed by atoms with Crippen LogP contribution >= 0.6 is 0 Å². The SMILES string of the molecule is CCOc1ccccc1-c1cc(C(=O)NN=Cc2ccccc2[N+](=O)[O-])c2ccccc2n1. The quantitative estimate of drug-likeness (QED) is 0.248. The number of benzene rings is 3.